The lowest BCUT2D eigenvalue weighted by atomic mass is 9.95. The first-order valence-corrected chi connectivity index (χ1v) is 11.3. The molecule has 0 bridgehead atoms. The van der Waals surface area contributed by atoms with E-state index in [1.807, 2.05) is 72.8 Å². The van der Waals surface area contributed by atoms with E-state index in [-0.39, 0.29) is 11.8 Å². The molecule has 5 nitrogen and oxygen atoms in total. The summed E-state index contributed by atoms with van der Waals surface area (Å²) in [5.74, 6) is 2.35. The molecule has 0 fully saturated rings. The molecule has 3 aromatic carbocycles. The Balaban J connectivity index is 1.50. The molecule has 160 valence electrons. The van der Waals surface area contributed by atoms with Crippen LogP contribution in [-0.4, -0.2) is 25.2 Å². The molecule has 0 amide bonds. The van der Waals surface area contributed by atoms with Crippen molar-refractivity contribution in [2.24, 2.45) is 4.99 Å². The predicted molar refractivity (Wildman–Crippen MR) is 128 cm³/mol. The van der Waals surface area contributed by atoms with E-state index in [1.165, 1.54) is 5.56 Å². The molecule has 1 heterocycles. The van der Waals surface area contributed by atoms with Gasteiger partial charge in [-0.2, -0.15) is 0 Å². The number of rotatable bonds is 5. The van der Waals surface area contributed by atoms with E-state index in [0.717, 1.165) is 44.8 Å². The normalized spacial score (nSPS) is 16.8. The number of aliphatic imine (C=N–C) groups is 1. The zero-order chi connectivity index (χ0) is 22.1. The fourth-order valence-corrected chi connectivity index (χ4v) is 4.87. The topological polar surface area (TPSA) is 59.9 Å². The molecule has 5 rings (SSSR count). The minimum Gasteiger partial charge on any atom is -0.497 e. The van der Waals surface area contributed by atoms with Crippen molar-refractivity contribution in [3.05, 3.63) is 101 Å². The van der Waals surface area contributed by atoms with E-state index in [9.17, 15) is 4.79 Å². The second kappa shape index (κ2) is 8.55. The third-order valence-corrected chi connectivity index (χ3v) is 6.61. The first-order chi connectivity index (χ1) is 15.7. The summed E-state index contributed by atoms with van der Waals surface area (Å²) in [6, 6.07) is 23.1. The molecule has 1 aliphatic heterocycles. The number of Topliss-reactive ketones (excluding diaryl/α,β-unsaturated/α-hetero) is 1. The standard InChI is InChI=1S/C26H22N2O3S/c1-30-18-12-10-16(11-13-18)15-32-26-27-23(17-6-5-7-19(14-17)31-2)22-24(28-26)20-8-3-4-9-21(20)25(22)29/h3-14,23H,15H2,1-2H3,(H,27,28). The van der Waals surface area contributed by atoms with Crippen molar-refractivity contribution in [3.63, 3.8) is 0 Å². The molecule has 1 atom stereocenters. The van der Waals surface area contributed by atoms with Gasteiger partial charge in [0.25, 0.3) is 0 Å². The van der Waals surface area contributed by atoms with Crippen LogP contribution in [0.1, 0.15) is 33.1 Å². The number of ketones is 1. The maximum absolute atomic E-state index is 13.3. The van der Waals surface area contributed by atoms with Crippen LogP contribution >= 0.6 is 11.8 Å². The summed E-state index contributed by atoms with van der Waals surface area (Å²) >= 11 is 1.62. The van der Waals surface area contributed by atoms with Crippen LogP contribution in [0, 0.1) is 0 Å². The Bertz CT molecular complexity index is 1250. The van der Waals surface area contributed by atoms with Crippen LogP contribution in [0.5, 0.6) is 11.5 Å². The van der Waals surface area contributed by atoms with E-state index in [1.54, 1.807) is 26.0 Å². The molecule has 2 aliphatic rings. The minimum atomic E-state index is -0.389. The number of methoxy groups -OCH3 is 2. The Hall–Kier alpha value is -3.51. The van der Waals surface area contributed by atoms with Gasteiger partial charge in [0.05, 0.1) is 25.5 Å². The lowest BCUT2D eigenvalue weighted by Crippen LogP contribution is -2.27. The van der Waals surface area contributed by atoms with Gasteiger partial charge < -0.3 is 14.8 Å². The highest BCUT2D eigenvalue weighted by molar-refractivity contribution is 8.13. The summed E-state index contributed by atoms with van der Waals surface area (Å²) in [6.45, 7) is 0. The van der Waals surface area contributed by atoms with Gasteiger partial charge in [-0.3, -0.25) is 4.79 Å². The quantitative estimate of drug-likeness (QED) is 0.585. The zero-order valence-electron chi connectivity index (χ0n) is 17.8. The van der Waals surface area contributed by atoms with Crippen molar-refractivity contribution in [1.29, 1.82) is 0 Å². The molecule has 0 saturated carbocycles. The van der Waals surface area contributed by atoms with Crippen LogP contribution in [0.2, 0.25) is 0 Å². The van der Waals surface area contributed by atoms with E-state index in [0.29, 0.717) is 5.57 Å². The van der Waals surface area contributed by atoms with Gasteiger partial charge in [0.1, 0.15) is 17.5 Å². The number of thioether (sulfide) groups is 1. The van der Waals surface area contributed by atoms with Gasteiger partial charge in [-0.15, -0.1) is 0 Å². The maximum Gasteiger partial charge on any atom is 0.194 e. The first-order valence-electron chi connectivity index (χ1n) is 10.3. The van der Waals surface area contributed by atoms with Crippen LogP contribution < -0.4 is 14.8 Å². The highest BCUT2D eigenvalue weighted by Crippen LogP contribution is 2.43. The molecule has 3 aromatic rings. The Morgan fingerprint density at radius 1 is 0.906 bits per heavy atom. The number of benzene rings is 3. The average Bonchev–Trinajstić information content (AvgIpc) is 3.14. The van der Waals surface area contributed by atoms with Crippen molar-refractivity contribution >= 4 is 28.4 Å². The van der Waals surface area contributed by atoms with Crippen molar-refractivity contribution in [2.45, 2.75) is 11.8 Å². The second-order valence-electron chi connectivity index (χ2n) is 7.54. The highest BCUT2D eigenvalue weighted by atomic mass is 32.2. The molecular weight excluding hydrogens is 420 g/mol. The smallest absolute Gasteiger partial charge is 0.194 e. The predicted octanol–water partition coefficient (Wildman–Crippen LogP) is 5.25. The molecule has 1 N–H and O–H groups in total. The molecule has 0 radical (unpaired) electrons. The number of hydrogen-bond donors (Lipinski definition) is 1. The van der Waals surface area contributed by atoms with Gasteiger partial charge in [-0.25, -0.2) is 4.99 Å². The lowest BCUT2D eigenvalue weighted by molar-refractivity contribution is 0.103. The summed E-state index contributed by atoms with van der Waals surface area (Å²) in [6.07, 6.45) is 0. The zero-order valence-corrected chi connectivity index (χ0v) is 18.6. The summed E-state index contributed by atoms with van der Waals surface area (Å²) in [5, 5.41) is 4.23. The summed E-state index contributed by atoms with van der Waals surface area (Å²) in [7, 11) is 3.30. The Kier molecular flexibility index (Phi) is 5.45. The fourth-order valence-electron chi connectivity index (χ4n) is 4.02. The van der Waals surface area contributed by atoms with E-state index >= 15 is 0 Å². The van der Waals surface area contributed by atoms with Crippen LogP contribution in [0.4, 0.5) is 0 Å². The van der Waals surface area contributed by atoms with Crippen LogP contribution in [0.25, 0.3) is 5.70 Å². The van der Waals surface area contributed by atoms with E-state index < -0.39 is 0 Å². The molecule has 1 unspecified atom stereocenters. The van der Waals surface area contributed by atoms with Gasteiger partial charge in [-0.05, 0) is 35.4 Å². The second-order valence-corrected chi connectivity index (χ2v) is 8.50. The van der Waals surface area contributed by atoms with Gasteiger partial charge in [-0.1, -0.05) is 60.3 Å². The molecule has 1 aliphatic carbocycles. The van der Waals surface area contributed by atoms with Gasteiger partial charge in [0, 0.05) is 16.9 Å². The number of carbonyl (C=O) groups excluding carboxylic acids is 1. The summed E-state index contributed by atoms with van der Waals surface area (Å²) in [5.41, 5.74) is 5.29. The molecular formula is C26H22N2O3S. The molecule has 32 heavy (non-hydrogen) atoms. The highest BCUT2D eigenvalue weighted by Gasteiger charge is 2.38. The minimum absolute atomic E-state index is 0.0267. The fraction of sp³-hybridized carbons (Fsp3) is 0.154. The number of hydrogen-bond acceptors (Lipinski definition) is 6. The number of nitrogens with zero attached hydrogens (tertiary/aromatic N) is 1. The lowest BCUT2D eigenvalue weighted by Gasteiger charge is -2.24. The van der Waals surface area contributed by atoms with Crippen molar-refractivity contribution in [2.75, 3.05) is 14.2 Å². The SMILES string of the molecule is COc1ccc(CSC2=NC(c3cccc(OC)c3)C3=C(N2)c2ccccc2C3=O)cc1. The van der Waals surface area contributed by atoms with Crippen molar-refractivity contribution < 1.29 is 14.3 Å². The van der Waals surface area contributed by atoms with Crippen LogP contribution in [-0.2, 0) is 5.75 Å². The van der Waals surface area contributed by atoms with E-state index in [2.05, 4.69) is 5.32 Å². The third-order valence-electron chi connectivity index (χ3n) is 5.65. The number of nitrogens with one attached hydrogen (secondary N) is 1. The summed E-state index contributed by atoms with van der Waals surface area (Å²) in [4.78, 5) is 18.3. The van der Waals surface area contributed by atoms with Gasteiger partial charge in [0.2, 0.25) is 0 Å². The molecule has 0 saturated heterocycles. The molecule has 6 heteroatoms. The van der Waals surface area contributed by atoms with E-state index in [4.69, 9.17) is 14.5 Å². The number of ether oxygens (including phenoxy) is 2. The largest absolute Gasteiger partial charge is 0.497 e. The van der Waals surface area contributed by atoms with Crippen molar-refractivity contribution in [3.8, 4) is 11.5 Å². The molecule has 0 spiro atoms. The number of fused-ring (bicyclic) bond motifs is 2. The number of carbonyl (C=O) groups is 1. The summed E-state index contributed by atoms with van der Waals surface area (Å²) < 4.78 is 10.7. The average molecular weight is 443 g/mol. The monoisotopic (exact) mass is 442 g/mol. The van der Waals surface area contributed by atoms with Gasteiger partial charge in [0.15, 0.2) is 11.0 Å². The van der Waals surface area contributed by atoms with Gasteiger partial charge >= 0.3 is 0 Å². The Labute approximate surface area is 191 Å². The Morgan fingerprint density at radius 2 is 1.66 bits per heavy atom. The first kappa shape index (κ1) is 20.4. The molecule has 0 aromatic heterocycles. The maximum atomic E-state index is 13.3. The van der Waals surface area contributed by atoms with Crippen LogP contribution in [0.3, 0.4) is 0 Å². The Morgan fingerprint density at radius 3 is 2.41 bits per heavy atom. The van der Waals surface area contributed by atoms with Crippen LogP contribution in [0.15, 0.2) is 83.4 Å². The van der Waals surface area contributed by atoms with Crippen molar-refractivity contribution in [1.82, 2.24) is 5.32 Å². The number of amidine groups is 1. The third kappa shape index (κ3) is 3.67.